The Morgan fingerprint density at radius 3 is 2.25 bits per heavy atom. The summed E-state index contributed by atoms with van der Waals surface area (Å²) in [7, 11) is 0. The zero-order valence-electron chi connectivity index (χ0n) is 13.1. The van der Waals surface area contributed by atoms with Crippen LogP contribution in [0.25, 0.3) is 0 Å². The molecule has 0 unspecified atom stereocenters. The minimum atomic E-state index is 0. The van der Waals surface area contributed by atoms with Crippen LogP contribution < -0.4 is 10.1 Å². The van der Waals surface area contributed by atoms with Crippen molar-refractivity contribution in [1.82, 2.24) is 5.32 Å². The lowest BCUT2D eigenvalue weighted by atomic mass is 10.2. The SMILES string of the molecule is Cl.Clc1ccc(COc2ccc(CNCc3ccco3)cc2)cc1. The fourth-order valence-corrected chi connectivity index (χ4v) is 2.32. The van der Waals surface area contributed by atoms with Crippen molar-refractivity contribution in [3.05, 3.63) is 88.8 Å². The van der Waals surface area contributed by atoms with E-state index in [1.165, 1.54) is 5.56 Å². The molecule has 24 heavy (non-hydrogen) atoms. The molecular weight excluding hydrogens is 345 g/mol. The van der Waals surface area contributed by atoms with Crippen molar-refractivity contribution in [2.45, 2.75) is 19.7 Å². The molecule has 0 saturated heterocycles. The topological polar surface area (TPSA) is 34.4 Å². The maximum atomic E-state index is 5.87. The Morgan fingerprint density at radius 2 is 1.58 bits per heavy atom. The van der Waals surface area contributed by atoms with Gasteiger partial charge in [-0.15, -0.1) is 12.4 Å². The van der Waals surface area contributed by atoms with Crippen LogP contribution in [0.4, 0.5) is 0 Å². The number of nitrogens with one attached hydrogen (secondary N) is 1. The molecule has 3 rings (SSSR count). The summed E-state index contributed by atoms with van der Waals surface area (Å²) >= 11 is 5.87. The van der Waals surface area contributed by atoms with Gasteiger partial charge in [0.05, 0.1) is 12.8 Å². The van der Waals surface area contributed by atoms with Crippen LogP contribution >= 0.6 is 24.0 Å². The highest BCUT2D eigenvalue weighted by molar-refractivity contribution is 6.30. The Bertz CT molecular complexity index is 710. The first-order valence-corrected chi connectivity index (χ1v) is 7.87. The molecule has 0 aliphatic carbocycles. The number of benzene rings is 2. The predicted molar refractivity (Wildman–Crippen MR) is 98.7 cm³/mol. The van der Waals surface area contributed by atoms with E-state index >= 15 is 0 Å². The number of hydrogen-bond donors (Lipinski definition) is 1. The molecule has 3 aromatic rings. The summed E-state index contributed by atoms with van der Waals surface area (Å²) in [6.07, 6.45) is 1.68. The third-order valence-corrected chi connectivity index (χ3v) is 3.70. The largest absolute Gasteiger partial charge is 0.489 e. The first-order valence-electron chi connectivity index (χ1n) is 7.49. The zero-order valence-corrected chi connectivity index (χ0v) is 14.6. The Labute approximate surface area is 153 Å². The Morgan fingerprint density at radius 1 is 0.875 bits per heavy atom. The van der Waals surface area contributed by atoms with Crippen LogP contribution in [0.3, 0.4) is 0 Å². The highest BCUT2D eigenvalue weighted by Crippen LogP contribution is 2.16. The van der Waals surface area contributed by atoms with Gasteiger partial charge in [-0.3, -0.25) is 0 Å². The van der Waals surface area contributed by atoms with Crippen molar-refractivity contribution in [3.63, 3.8) is 0 Å². The quantitative estimate of drug-likeness (QED) is 0.624. The van der Waals surface area contributed by atoms with Gasteiger partial charge in [-0.1, -0.05) is 35.9 Å². The van der Waals surface area contributed by atoms with E-state index in [-0.39, 0.29) is 12.4 Å². The van der Waals surface area contributed by atoms with Crippen molar-refractivity contribution in [3.8, 4) is 5.75 Å². The number of halogens is 2. The summed E-state index contributed by atoms with van der Waals surface area (Å²) in [5.74, 6) is 1.79. The van der Waals surface area contributed by atoms with E-state index in [9.17, 15) is 0 Å². The summed E-state index contributed by atoms with van der Waals surface area (Å²) in [4.78, 5) is 0. The first-order chi connectivity index (χ1) is 11.3. The molecule has 3 nitrogen and oxygen atoms in total. The molecule has 1 aromatic heterocycles. The van der Waals surface area contributed by atoms with E-state index in [1.54, 1.807) is 6.26 Å². The summed E-state index contributed by atoms with van der Waals surface area (Å²) in [6, 6.07) is 19.6. The smallest absolute Gasteiger partial charge is 0.119 e. The predicted octanol–water partition coefficient (Wildman–Crippen LogP) is 5.22. The molecule has 0 bridgehead atoms. The molecule has 0 saturated carbocycles. The summed E-state index contributed by atoms with van der Waals surface area (Å²) in [5.41, 5.74) is 2.30. The molecule has 1 heterocycles. The van der Waals surface area contributed by atoms with Gasteiger partial charge in [0.15, 0.2) is 0 Å². The van der Waals surface area contributed by atoms with Crippen LogP contribution in [0.15, 0.2) is 71.3 Å². The van der Waals surface area contributed by atoms with Crippen molar-refractivity contribution in [2.75, 3.05) is 0 Å². The molecule has 0 aliphatic rings. The van der Waals surface area contributed by atoms with E-state index in [4.69, 9.17) is 20.8 Å². The second kappa shape index (κ2) is 9.38. The molecule has 0 fully saturated rings. The fourth-order valence-electron chi connectivity index (χ4n) is 2.19. The van der Waals surface area contributed by atoms with Crippen molar-refractivity contribution in [2.24, 2.45) is 0 Å². The molecular formula is C19H19Cl2NO2. The number of hydrogen-bond acceptors (Lipinski definition) is 3. The second-order valence-corrected chi connectivity index (χ2v) is 5.68. The Balaban J connectivity index is 0.00000208. The van der Waals surface area contributed by atoms with Crippen LogP contribution in [0.1, 0.15) is 16.9 Å². The van der Waals surface area contributed by atoms with Crippen LogP contribution in [0.5, 0.6) is 5.75 Å². The molecule has 0 amide bonds. The first kappa shape index (κ1) is 18.4. The number of rotatable bonds is 7. The lowest BCUT2D eigenvalue weighted by Gasteiger charge is -2.08. The van der Waals surface area contributed by atoms with Crippen molar-refractivity contribution in [1.29, 1.82) is 0 Å². The molecule has 5 heteroatoms. The van der Waals surface area contributed by atoms with Crippen LogP contribution in [-0.4, -0.2) is 0 Å². The lowest BCUT2D eigenvalue weighted by molar-refractivity contribution is 0.306. The molecule has 1 N–H and O–H groups in total. The Hall–Kier alpha value is -1.94. The van der Waals surface area contributed by atoms with E-state index in [0.29, 0.717) is 6.61 Å². The highest BCUT2D eigenvalue weighted by atomic mass is 35.5. The fraction of sp³-hybridized carbons (Fsp3) is 0.158. The normalized spacial score (nSPS) is 10.2. The van der Waals surface area contributed by atoms with Crippen LogP contribution in [-0.2, 0) is 19.7 Å². The van der Waals surface area contributed by atoms with E-state index < -0.39 is 0 Å². The van der Waals surface area contributed by atoms with Gasteiger partial charge in [0.25, 0.3) is 0 Å². The van der Waals surface area contributed by atoms with E-state index in [2.05, 4.69) is 17.4 Å². The number of furan rings is 1. The van der Waals surface area contributed by atoms with Gasteiger partial charge in [-0.05, 0) is 47.5 Å². The summed E-state index contributed by atoms with van der Waals surface area (Å²) < 4.78 is 11.1. The van der Waals surface area contributed by atoms with Gasteiger partial charge in [-0.2, -0.15) is 0 Å². The number of ether oxygens (including phenoxy) is 1. The van der Waals surface area contributed by atoms with Crippen LogP contribution in [0, 0.1) is 0 Å². The van der Waals surface area contributed by atoms with E-state index in [1.807, 2.05) is 48.5 Å². The lowest BCUT2D eigenvalue weighted by Crippen LogP contribution is -2.11. The van der Waals surface area contributed by atoms with Crippen LogP contribution in [0.2, 0.25) is 5.02 Å². The summed E-state index contributed by atoms with van der Waals surface area (Å²) in [5, 5.41) is 4.08. The average Bonchev–Trinajstić information content (AvgIpc) is 3.09. The minimum absolute atomic E-state index is 0. The summed E-state index contributed by atoms with van der Waals surface area (Å²) in [6.45, 7) is 2.05. The molecule has 0 atom stereocenters. The highest BCUT2D eigenvalue weighted by Gasteiger charge is 1.99. The standard InChI is InChI=1S/C19H18ClNO2.ClH/c20-17-7-3-16(4-8-17)14-23-18-9-5-15(6-10-18)12-21-13-19-2-1-11-22-19;/h1-11,21H,12-14H2;1H. The molecule has 0 spiro atoms. The third kappa shape index (κ3) is 5.60. The molecule has 2 aromatic carbocycles. The molecule has 0 aliphatic heterocycles. The maximum absolute atomic E-state index is 5.87. The van der Waals surface area contributed by atoms with Crippen molar-refractivity contribution >= 4 is 24.0 Å². The van der Waals surface area contributed by atoms with Gasteiger partial charge < -0.3 is 14.5 Å². The molecule has 126 valence electrons. The third-order valence-electron chi connectivity index (χ3n) is 3.45. The van der Waals surface area contributed by atoms with Gasteiger partial charge in [-0.25, -0.2) is 0 Å². The van der Waals surface area contributed by atoms with Gasteiger partial charge >= 0.3 is 0 Å². The Kier molecular flexibility index (Phi) is 7.19. The molecule has 0 radical (unpaired) electrons. The van der Waals surface area contributed by atoms with Gasteiger partial charge in [0.2, 0.25) is 0 Å². The maximum Gasteiger partial charge on any atom is 0.119 e. The van der Waals surface area contributed by atoms with Crippen molar-refractivity contribution < 1.29 is 9.15 Å². The second-order valence-electron chi connectivity index (χ2n) is 5.24. The minimum Gasteiger partial charge on any atom is -0.489 e. The zero-order chi connectivity index (χ0) is 15.9. The van der Waals surface area contributed by atoms with Gasteiger partial charge in [0.1, 0.15) is 18.1 Å². The monoisotopic (exact) mass is 363 g/mol. The average molecular weight is 364 g/mol. The van der Waals surface area contributed by atoms with E-state index in [0.717, 1.165) is 35.2 Å². The van der Waals surface area contributed by atoms with Gasteiger partial charge in [0, 0.05) is 11.6 Å².